The second-order valence-electron chi connectivity index (χ2n) is 6.46. The van der Waals surface area contributed by atoms with E-state index in [1.807, 2.05) is 0 Å². The van der Waals surface area contributed by atoms with Crippen LogP contribution >= 0.6 is 0 Å². The molecule has 3 heteroatoms. The molecule has 0 fully saturated rings. The summed E-state index contributed by atoms with van der Waals surface area (Å²) in [5.41, 5.74) is 2.56. The van der Waals surface area contributed by atoms with E-state index in [0.717, 1.165) is 31.7 Å². The van der Waals surface area contributed by atoms with E-state index in [2.05, 4.69) is 63.3 Å². The highest BCUT2D eigenvalue weighted by Gasteiger charge is 2.35. The Morgan fingerprint density at radius 1 is 1.40 bits per heavy atom. The van der Waals surface area contributed by atoms with Crippen molar-refractivity contribution in [3.05, 3.63) is 29.3 Å². The average molecular weight is 276 g/mol. The van der Waals surface area contributed by atoms with Crippen molar-refractivity contribution in [2.24, 2.45) is 0 Å². The Hall–Kier alpha value is -1.06. The maximum Gasteiger partial charge on any atom is 0.124 e. The lowest BCUT2D eigenvalue weighted by atomic mass is 9.86. The molecule has 3 nitrogen and oxygen atoms in total. The lowest BCUT2D eigenvalue weighted by Gasteiger charge is -2.40. The van der Waals surface area contributed by atoms with Gasteiger partial charge >= 0.3 is 0 Å². The van der Waals surface area contributed by atoms with E-state index in [9.17, 15) is 0 Å². The molecule has 1 aromatic carbocycles. The Labute approximate surface area is 123 Å². The van der Waals surface area contributed by atoms with Crippen molar-refractivity contribution in [3.8, 4) is 5.75 Å². The SMILES string of the molecule is CCC1(C)CC(NCCN(C)C)c2cc(C)ccc2O1. The first-order chi connectivity index (χ1) is 9.43. The van der Waals surface area contributed by atoms with E-state index in [0.29, 0.717) is 6.04 Å². The number of hydrogen-bond acceptors (Lipinski definition) is 3. The maximum atomic E-state index is 6.23. The smallest absolute Gasteiger partial charge is 0.124 e. The predicted octanol–water partition coefficient (Wildman–Crippen LogP) is 3.14. The Morgan fingerprint density at radius 3 is 2.80 bits per heavy atom. The fourth-order valence-corrected chi connectivity index (χ4v) is 2.74. The molecule has 20 heavy (non-hydrogen) atoms. The number of benzene rings is 1. The van der Waals surface area contributed by atoms with Crippen LogP contribution in [-0.2, 0) is 0 Å². The van der Waals surface area contributed by atoms with Gasteiger partial charge in [0.15, 0.2) is 0 Å². The minimum Gasteiger partial charge on any atom is -0.487 e. The van der Waals surface area contributed by atoms with E-state index in [1.165, 1.54) is 11.1 Å². The molecule has 1 aliphatic rings. The van der Waals surface area contributed by atoms with Crippen LogP contribution in [0.1, 0.15) is 43.9 Å². The molecule has 112 valence electrons. The predicted molar refractivity (Wildman–Crippen MR) is 84.4 cm³/mol. The largest absolute Gasteiger partial charge is 0.487 e. The summed E-state index contributed by atoms with van der Waals surface area (Å²) in [5, 5.41) is 3.70. The Kier molecular flexibility index (Phi) is 4.71. The van der Waals surface area contributed by atoms with Crippen LogP contribution in [0.15, 0.2) is 18.2 Å². The third-order valence-electron chi connectivity index (χ3n) is 4.23. The van der Waals surface area contributed by atoms with Crippen LogP contribution in [-0.4, -0.2) is 37.7 Å². The molecule has 0 bridgehead atoms. The summed E-state index contributed by atoms with van der Waals surface area (Å²) in [6, 6.07) is 6.91. The summed E-state index contributed by atoms with van der Waals surface area (Å²) in [5.74, 6) is 1.05. The van der Waals surface area contributed by atoms with E-state index >= 15 is 0 Å². The van der Waals surface area contributed by atoms with Crippen molar-refractivity contribution in [1.29, 1.82) is 0 Å². The van der Waals surface area contributed by atoms with Crippen molar-refractivity contribution in [2.45, 2.75) is 45.3 Å². The molecule has 2 atom stereocenters. The van der Waals surface area contributed by atoms with Crippen LogP contribution < -0.4 is 10.1 Å². The molecular weight excluding hydrogens is 248 g/mol. The van der Waals surface area contributed by atoms with Gasteiger partial charge < -0.3 is 15.0 Å². The molecule has 0 aromatic heterocycles. The first-order valence-electron chi connectivity index (χ1n) is 7.61. The van der Waals surface area contributed by atoms with Crippen molar-refractivity contribution >= 4 is 0 Å². The number of rotatable bonds is 5. The van der Waals surface area contributed by atoms with Gasteiger partial charge in [0.25, 0.3) is 0 Å². The van der Waals surface area contributed by atoms with Gasteiger partial charge in [-0.05, 0) is 40.4 Å². The van der Waals surface area contributed by atoms with Crippen LogP contribution in [0.3, 0.4) is 0 Å². The maximum absolute atomic E-state index is 6.23. The lowest BCUT2D eigenvalue weighted by Crippen LogP contribution is -2.42. The topological polar surface area (TPSA) is 24.5 Å². The molecule has 0 radical (unpaired) electrons. The minimum atomic E-state index is -0.0575. The van der Waals surface area contributed by atoms with Crippen LogP contribution in [0.5, 0.6) is 5.75 Å². The fourth-order valence-electron chi connectivity index (χ4n) is 2.74. The highest BCUT2D eigenvalue weighted by Crippen LogP contribution is 2.41. The van der Waals surface area contributed by atoms with E-state index in [1.54, 1.807) is 0 Å². The second kappa shape index (κ2) is 6.15. The van der Waals surface area contributed by atoms with E-state index in [-0.39, 0.29) is 5.60 Å². The first kappa shape index (κ1) is 15.3. The third-order valence-corrected chi connectivity index (χ3v) is 4.23. The van der Waals surface area contributed by atoms with Crippen LogP contribution in [0.2, 0.25) is 0 Å². The molecule has 2 unspecified atom stereocenters. The molecule has 0 saturated carbocycles. The zero-order chi connectivity index (χ0) is 14.8. The molecule has 2 rings (SSSR count). The number of hydrogen-bond donors (Lipinski definition) is 1. The molecular formula is C17H28N2O. The Balaban J connectivity index is 2.19. The summed E-state index contributed by atoms with van der Waals surface area (Å²) < 4.78 is 6.23. The molecule has 1 aromatic rings. The van der Waals surface area contributed by atoms with Gasteiger partial charge in [-0.3, -0.25) is 0 Å². The number of nitrogens with zero attached hydrogens (tertiary/aromatic N) is 1. The highest BCUT2D eigenvalue weighted by molar-refractivity contribution is 5.41. The Bertz CT molecular complexity index is 458. The molecule has 0 spiro atoms. The summed E-state index contributed by atoms with van der Waals surface area (Å²) in [4.78, 5) is 2.21. The molecule has 1 heterocycles. The lowest BCUT2D eigenvalue weighted by molar-refractivity contribution is 0.0440. The van der Waals surface area contributed by atoms with Crippen LogP contribution in [0.4, 0.5) is 0 Å². The number of aryl methyl sites for hydroxylation is 1. The zero-order valence-corrected chi connectivity index (χ0v) is 13.5. The van der Waals surface area contributed by atoms with E-state index < -0.39 is 0 Å². The molecule has 1 aliphatic heterocycles. The van der Waals surface area contributed by atoms with Gasteiger partial charge in [-0.25, -0.2) is 0 Å². The third kappa shape index (κ3) is 3.53. The normalized spacial score (nSPS) is 25.4. The van der Waals surface area contributed by atoms with E-state index in [4.69, 9.17) is 4.74 Å². The van der Waals surface area contributed by atoms with Gasteiger partial charge in [-0.2, -0.15) is 0 Å². The van der Waals surface area contributed by atoms with Crippen molar-refractivity contribution in [1.82, 2.24) is 10.2 Å². The Morgan fingerprint density at radius 2 is 2.15 bits per heavy atom. The number of likely N-dealkylation sites (N-methyl/N-ethyl adjacent to an activating group) is 1. The molecule has 0 amide bonds. The van der Waals surface area contributed by atoms with Crippen molar-refractivity contribution in [3.63, 3.8) is 0 Å². The van der Waals surface area contributed by atoms with Crippen molar-refractivity contribution < 1.29 is 4.74 Å². The monoisotopic (exact) mass is 276 g/mol. The van der Waals surface area contributed by atoms with Gasteiger partial charge in [-0.15, -0.1) is 0 Å². The molecule has 0 saturated heterocycles. The van der Waals surface area contributed by atoms with Crippen LogP contribution in [0, 0.1) is 6.92 Å². The molecule has 1 N–H and O–H groups in total. The van der Waals surface area contributed by atoms with Crippen LogP contribution in [0.25, 0.3) is 0 Å². The fraction of sp³-hybridized carbons (Fsp3) is 0.647. The van der Waals surface area contributed by atoms with Gasteiger partial charge in [-0.1, -0.05) is 24.6 Å². The van der Waals surface area contributed by atoms with Gasteiger partial charge in [0.2, 0.25) is 0 Å². The highest BCUT2D eigenvalue weighted by atomic mass is 16.5. The number of fused-ring (bicyclic) bond motifs is 1. The first-order valence-corrected chi connectivity index (χ1v) is 7.61. The van der Waals surface area contributed by atoms with Crippen molar-refractivity contribution in [2.75, 3.05) is 27.2 Å². The van der Waals surface area contributed by atoms with Gasteiger partial charge in [0.1, 0.15) is 11.4 Å². The average Bonchev–Trinajstić information content (AvgIpc) is 2.39. The van der Waals surface area contributed by atoms with Gasteiger partial charge in [0.05, 0.1) is 0 Å². The summed E-state index contributed by atoms with van der Waals surface area (Å²) in [6.07, 6.45) is 2.07. The zero-order valence-electron chi connectivity index (χ0n) is 13.5. The molecule has 0 aliphatic carbocycles. The minimum absolute atomic E-state index is 0.0575. The number of nitrogens with one attached hydrogen (secondary N) is 1. The second-order valence-corrected chi connectivity index (χ2v) is 6.46. The number of ether oxygens (including phenoxy) is 1. The standard InChI is InChI=1S/C17H28N2O/c1-6-17(3)12-15(18-9-10-19(4)5)14-11-13(2)7-8-16(14)20-17/h7-8,11,15,18H,6,9-10,12H2,1-5H3. The summed E-state index contributed by atoms with van der Waals surface area (Å²) >= 11 is 0. The van der Waals surface area contributed by atoms with Gasteiger partial charge in [0, 0.05) is 31.1 Å². The quantitative estimate of drug-likeness (QED) is 0.894. The summed E-state index contributed by atoms with van der Waals surface area (Å²) in [7, 11) is 4.22. The summed E-state index contributed by atoms with van der Waals surface area (Å²) in [6.45, 7) is 8.63.